The molecule has 2 rings (SSSR count). The Hall–Kier alpha value is -1.55. The Morgan fingerprint density at radius 2 is 2.00 bits per heavy atom. The molecule has 1 aromatic rings. The molecule has 1 aliphatic heterocycles. The van der Waals surface area contributed by atoms with Crippen LogP contribution in [0.1, 0.15) is 39.2 Å². The van der Waals surface area contributed by atoms with Gasteiger partial charge in [0.25, 0.3) is 0 Å². The van der Waals surface area contributed by atoms with Gasteiger partial charge in [0.2, 0.25) is 0 Å². The van der Waals surface area contributed by atoms with Crippen LogP contribution in [0.15, 0.2) is 47.5 Å². The summed E-state index contributed by atoms with van der Waals surface area (Å²) in [7, 11) is 0. The maximum atomic E-state index is 12.3. The van der Waals surface area contributed by atoms with Crippen LogP contribution in [0.2, 0.25) is 0 Å². The lowest BCUT2D eigenvalue weighted by Gasteiger charge is -2.27. The lowest BCUT2D eigenvalue weighted by Crippen LogP contribution is -2.39. The zero-order valence-corrected chi connectivity index (χ0v) is 15.6. The Balaban J connectivity index is 2.01. The predicted molar refractivity (Wildman–Crippen MR) is 98.3 cm³/mol. The zero-order valence-electron chi connectivity index (χ0n) is 14.0. The molecule has 0 N–H and O–H groups in total. The standard InChI is InChI=1S/C19H24BrNO2/c1-14(15-8-10-16(20)11-9-15)7-12-17-6-5-13-21(17)18(22)23-19(2,3)4/h7-12,17H,1,5-6,13H2,2-4H3/t17-/m0/s1. The maximum absolute atomic E-state index is 12.3. The van der Waals surface area contributed by atoms with Crippen molar-refractivity contribution in [1.29, 1.82) is 0 Å². The van der Waals surface area contributed by atoms with E-state index in [9.17, 15) is 4.79 Å². The fourth-order valence-corrected chi connectivity index (χ4v) is 2.79. The van der Waals surface area contributed by atoms with E-state index in [1.54, 1.807) is 4.90 Å². The number of hydrogen-bond donors (Lipinski definition) is 0. The molecule has 124 valence electrons. The SMILES string of the molecule is C=C(C=C[C@@H]1CCCN1C(=O)OC(C)(C)C)c1ccc(Br)cc1. The van der Waals surface area contributed by atoms with Crippen LogP contribution in [0.5, 0.6) is 0 Å². The Kier molecular flexibility index (Phi) is 5.69. The number of carbonyl (C=O) groups is 1. The lowest BCUT2D eigenvalue weighted by molar-refractivity contribution is 0.0256. The van der Waals surface area contributed by atoms with Crippen LogP contribution in [0, 0.1) is 0 Å². The van der Waals surface area contributed by atoms with E-state index in [-0.39, 0.29) is 12.1 Å². The van der Waals surface area contributed by atoms with Gasteiger partial charge in [0.05, 0.1) is 6.04 Å². The van der Waals surface area contributed by atoms with Crippen LogP contribution in [0.4, 0.5) is 4.79 Å². The number of allylic oxidation sites excluding steroid dienone is 2. The molecule has 0 aliphatic carbocycles. The fourth-order valence-electron chi connectivity index (χ4n) is 2.53. The van der Waals surface area contributed by atoms with Crippen LogP contribution in [-0.4, -0.2) is 29.2 Å². The highest BCUT2D eigenvalue weighted by Gasteiger charge is 2.30. The summed E-state index contributed by atoms with van der Waals surface area (Å²) in [4.78, 5) is 14.1. The molecule has 4 heteroatoms. The Morgan fingerprint density at radius 3 is 2.61 bits per heavy atom. The van der Waals surface area contributed by atoms with Crippen molar-refractivity contribution in [2.75, 3.05) is 6.54 Å². The summed E-state index contributed by atoms with van der Waals surface area (Å²) in [5, 5.41) is 0. The van der Waals surface area contributed by atoms with Gasteiger partial charge in [-0.25, -0.2) is 4.79 Å². The minimum absolute atomic E-state index is 0.0806. The molecule has 1 saturated heterocycles. The molecule has 1 heterocycles. The lowest BCUT2D eigenvalue weighted by atomic mass is 10.1. The van der Waals surface area contributed by atoms with Gasteiger partial charge in [-0.15, -0.1) is 0 Å². The molecule has 0 spiro atoms. The molecule has 3 nitrogen and oxygen atoms in total. The smallest absolute Gasteiger partial charge is 0.410 e. The van der Waals surface area contributed by atoms with Crippen molar-refractivity contribution in [1.82, 2.24) is 4.90 Å². The predicted octanol–water partition coefficient (Wildman–Crippen LogP) is 5.42. The Morgan fingerprint density at radius 1 is 1.35 bits per heavy atom. The average Bonchev–Trinajstić information content (AvgIpc) is 2.92. The van der Waals surface area contributed by atoms with Crippen molar-refractivity contribution in [2.45, 2.75) is 45.3 Å². The number of benzene rings is 1. The second kappa shape index (κ2) is 7.35. The normalized spacial score (nSPS) is 18.4. The summed E-state index contributed by atoms with van der Waals surface area (Å²) >= 11 is 3.43. The van der Waals surface area contributed by atoms with Crippen molar-refractivity contribution < 1.29 is 9.53 Å². The van der Waals surface area contributed by atoms with Crippen molar-refractivity contribution in [3.8, 4) is 0 Å². The van der Waals surface area contributed by atoms with Crippen molar-refractivity contribution in [2.24, 2.45) is 0 Å². The second-order valence-corrected chi connectivity index (χ2v) is 7.69. The molecule has 23 heavy (non-hydrogen) atoms. The number of ether oxygens (including phenoxy) is 1. The van der Waals surface area contributed by atoms with Crippen LogP contribution in [0.3, 0.4) is 0 Å². The van der Waals surface area contributed by atoms with Crippen molar-refractivity contribution in [3.63, 3.8) is 0 Å². The van der Waals surface area contributed by atoms with Gasteiger partial charge in [0, 0.05) is 11.0 Å². The summed E-state index contributed by atoms with van der Waals surface area (Å²) in [5.74, 6) is 0. The third-order valence-electron chi connectivity index (χ3n) is 3.66. The van der Waals surface area contributed by atoms with Gasteiger partial charge in [-0.3, -0.25) is 0 Å². The third-order valence-corrected chi connectivity index (χ3v) is 4.19. The fraction of sp³-hybridized carbons (Fsp3) is 0.421. The van der Waals surface area contributed by atoms with E-state index in [0.29, 0.717) is 0 Å². The number of likely N-dealkylation sites (tertiary alicyclic amines) is 1. The molecule has 1 aliphatic rings. The van der Waals surface area contributed by atoms with Gasteiger partial charge in [-0.05, 0) is 56.9 Å². The highest BCUT2D eigenvalue weighted by atomic mass is 79.9. The minimum atomic E-state index is -0.463. The van der Waals surface area contributed by atoms with E-state index >= 15 is 0 Å². The van der Waals surface area contributed by atoms with Crippen LogP contribution in [0.25, 0.3) is 5.57 Å². The number of nitrogens with zero attached hydrogens (tertiary/aromatic N) is 1. The number of halogens is 1. The molecule has 0 aromatic heterocycles. The summed E-state index contributed by atoms with van der Waals surface area (Å²) in [6.07, 6.45) is 5.78. The molecular weight excluding hydrogens is 354 g/mol. The third kappa shape index (κ3) is 5.24. The van der Waals surface area contributed by atoms with Crippen LogP contribution >= 0.6 is 15.9 Å². The molecular formula is C19H24BrNO2. The number of carbonyl (C=O) groups excluding carboxylic acids is 1. The Bertz CT molecular complexity index is 599. The van der Waals surface area contributed by atoms with E-state index in [2.05, 4.69) is 28.6 Å². The molecule has 0 unspecified atom stereocenters. The first kappa shape index (κ1) is 17.8. The summed E-state index contributed by atoms with van der Waals surface area (Å²) in [5.41, 5.74) is 1.55. The van der Waals surface area contributed by atoms with Gasteiger partial charge in [-0.1, -0.05) is 46.8 Å². The van der Waals surface area contributed by atoms with Crippen LogP contribution < -0.4 is 0 Å². The van der Waals surface area contributed by atoms with Crippen molar-refractivity contribution >= 4 is 27.6 Å². The number of rotatable bonds is 3. The topological polar surface area (TPSA) is 29.5 Å². The second-order valence-electron chi connectivity index (χ2n) is 6.77. The molecule has 0 bridgehead atoms. The van der Waals surface area contributed by atoms with Gasteiger partial charge in [0.1, 0.15) is 5.60 Å². The molecule has 0 radical (unpaired) electrons. The molecule has 1 fully saturated rings. The molecule has 1 atom stereocenters. The van der Waals surface area contributed by atoms with Gasteiger partial charge >= 0.3 is 6.09 Å². The first-order valence-electron chi connectivity index (χ1n) is 7.89. The van der Waals surface area contributed by atoms with Gasteiger partial charge < -0.3 is 9.64 Å². The van der Waals surface area contributed by atoms with Crippen molar-refractivity contribution in [3.05, 3.63) is 53.0 Å². The van der Waals surface area contributed by atoms with Gasteiger partial charge in [-0.2, -0.15) is 0 Å². The van der Waals surface area contributed by atoms with Gasteiger partial charge in [0.15, 0.2) is 0 Å². The minimum Gasteiger partial charge on any atom is -0.444 e. The number of hydrogen-bond acceptors (Lipinski definition) is 2. The first-order valence-corrected chi connectivity index (χ1v) is 8.68. The first-order chi connectivity index (χ1) is 10.8. The number of amides is 1. The summed E-state index contributed by atoms with van der Waals surface area (Å²) < 4.78 is 6.53. The van der Waals surface area contributed by atoms with E-state index in [0.717, 1.165) is 35.0 Å². The maximum Gasteiger partial charge on any atom is 0.410 e. The quantitative estimate of drug-likeness (QED) is 0.658. The highest BCUT2D eigenvalue weighted by molar-refractivity contribution is 9.10. The molecule has 0 saturated carbocycles. The van der Waals surface area contributed by atoms with E-state index in [4.69, 9.17) is 4.74 Å². The monoisotopic (exact) mass is 377 g/mol. The molecule has 1 aromatic carbocycles. The average molecular weight is 378 g/mol. The molecule has 1 amide bonds. The highest BCUT2D eigenvalue weighted by Crippen LogP contribution is 2.23. The Labute approximate surface area is 147 Å². The van der Waals surface area contributed by atoms with E-state index in [1.807, 2.05) is 51.1 Å². The zero-order chi connectivity index (χ0) is 17.0. The van der Waals surface area contributed by atoms with Crippen LogP contribution in [-0.2, 0) is 4.74 Å². The summed E-state index contributed by atoms with van der Waals surface area (Å²) in [6, 6.07) is 8.12. The van der Waals surface area contributed by atoms with E-state index < -0.39 is 5.60 Å². The van der Waals surface area contributed by atoms with E-state index in [1.165, 1.54) is 0 Å². The largest absolute Gasteiger partial charge is 0.444 e. The summed E-state index contributed by atoms with van der Waals surface area (Å²) in [6.45, 7) is 10.5.